The van der Waals surface area contributed by atoms with Gasteiger partial charge in [-0.1, -0.05) is 0 Å². The monoisotopic (exact) mass is 295 g/mol. The summed E-state index contributed by atoms with van der Waals surface area (Å²) in [5, 5.41) is 2.71. The van der Waals surface area contributed by atoms with E-state index in [-0.39, 0.29) is 11.6 Å². The summed E-state index contributed by atoms with van der Waals surface area (Å²) >= 11 is 0. The van der Waals surface area contributed by atoms with Crippen molar-refractivity contribution >= 4 is 17.3 Å². The molecule has 1 heterocycles. The van der Waals surface area contributed by atoms with Gasteiger partial charge in [0.25, 0.3) is 0 Å². The van der Waals surface area contributed by atoms with E-state index in [9.17, 15) is 9.18 Å². The lowest BCUT2D eigenvalue weighted by Crippen LogP contribution is -2.25. The van der Waals surface area contributed by atoms with Crippen molar-refractivity contribution in [2.75, 3.05) is 37.8 Å². The summed E-state index contributed by atoms with van der Waals surface area (Å²) < 4.78 is 18.2. The standard InChI is InChI=1S/C15H22FN3O2/c1-21-12-6-8-19(10-12)7-2-3-15(20)18-14-5-4-11(16)9-13(14)17/h4-5,9,12H,2-3,6-8,10,17H2,1H3,(H,18,20). The molecule has 1 amide bonds. The summed E-state index contributed by atoms with van der Waals surface area (Å²) in [7, 11) is 1.73. The Hall–Kier alpha value is -1.66. The summed E-state index contributed by atoms with van der Waals surface area (Å²) in [5.74, 6) is -0.511. The van der Waals surface area contributed by atoms with Crippen LogP contribution in [0.15, 0.2) is 18.2 Å². The van der Waals surface area contributed by atoms with Crippen molar-refractivity contribution < 1.29 is 13.9 Å². The molecule has 1 aliphatic rings. The average Bonchev–Trinajstić information content (AvgIpc) is 2.90. The van der Waals surface area contributed by atoms with Gasteiger partial charge in [0.2, 0.25) is 5.91 Å². The molecule has 0 radical (unpaired) electrons. The smallest absolute Gasteiger partial charge is 0.224 e. The molecule has 0 bridgehead atoms. The third-order valence-corrected chi connectivity index (χ3v) is 3.73. The van der Waals surface area contributed by atoms with Crippen LogP contribution in [0.4, 0.5) is 15.8 Å². The van der Waals surface area contributed by atoms with Gasteiger partial charge in [0.05, 0.1) is 17.5 Å². The highest BCUT2D eigenvalue weighted by atomic mass is 19.1. The van der Waals surface area contributed by atoms with Crippen molar-refractivity contribution in [3.8, 4) is 0 Å². The maximum absolute atomic E-state index is 12.9. The normalized spacial score (nSPS) is 18.9. The van der Waals surface area contributed by atoms with Crippen molar-refractivity contribution in [1.29, 1.82) is 0 Å². The van der Waals surface area contributed by atoms with Gasteiger partial charge in [0.15, 0.2) is 0 Å². The largest absolute Gasteiger partial charge is 0.397 e. The van der Waals surface area contributed by atoms with Crippen molar-refractivity contribution in [3.63, 3.8) is 0 Å². The lowest BCUT2D eigenvalue weighted by Gasteiger charge is -2.15. The van der Waals surface area contributed by atoms with Crippen LogP contribution in [0.2, 0.25) is 0 Å². The number of nitrogen functional groups attached to an aromatic ring is 1. The average molecular weight is 295 g/mol. The second kappa shape index (κ2) is 7.38. The molecule has 116 valence electrons. The summed E-state index contributed by atoms with van der Waals surface area (Å²) in [4.78, 5) is 14.1. The molecule has 1 aromatic carbocycles. The fourth-order valence-electron chi connectivity index (χ4n) is 2.52. The van der Waals surface area contributed by atoms with Gasteiger partial charge in [0, 0.05) is 26.6 Å². The number of amides is 1. The lowest BCUT2D eigenvalue weighted by molar-refractivity contribution is -0.116. The van der Waals surface area contributed by atoms with Crippen LogP contribution in [0.3, 0.4) is 0 Å². The number of rotatable bonds is 6. The topological polar surface area (TPSA) is 67.6 Å². The molecule has 0 aromatic heterocycles. The van der Waals surface area contributed by atoms with Gasteiger partial charge in [0.1, 0.15) is 5.82 Å². The Kier molecular flexibility index (Phi) is 5.52. The molecule has 0 aliphatic carbocycles. The molecule has 21 heavy (non-hydrogen) atoms. The summed E-state index contributed by atoms with van der Waals surface area (Å²) in [6, 6.07) is 3.96. The van der Waals surface area contributed by atoms with E-state index in [1.807, 2.05) is 0 Å². The number of ether oxygens (including phenoxy) is 1. The van der Waals surface area contributed by atoms with Crippen molar-refractivity contribution in [1.82, 2.24) is 4.90 Å². The minimum atomic E-state index is -0.410. The predicted molar refractivity (Wildman–Crippen MR) is 80.5 cm³/mol. The maximum Gasteiger partial charge on any atom is 0.224 e. The second-order valence-electron chi connectivity index (χ2n) is 5.33. The third kappa shape index (κ3) is 4.68. The van der Waals surface area contributed by atoms with Crippen molar-refractivity contribution in [2.24, 2.45) is 0 Å². The highest BCUT2D eigenvalue weighted by Gasteiger charge is 2.21. The number of carbonyl (C=O) groups is 1. The molecular formula is C15H22FN3O2. The van der Waals surface area contributed by atoms with Crippen LogP contribution in [-0.2, 0) is 9.53 Å². The Bertz CT molecular complexity index is 496. The highest BCUT2D eigenvalue weighted by Crippen LogP contribution is 2.19. The lowest BCUT2D eigenvalue weighted by atomic mass is 10.2. The van der Waals surface area contributed by atoms with E-state index in [0.29, 0.717) is 18.2 Å². The number of methoxy groups -OCH3 is 1. The van der Waals surface area contributed by atoms with E-state index in [4.69, 9.17) is 10.5 Å². The van der Waals surface area contributed by atoms with E-state index in [1.165, 1.54) is 18.2 Å². The number of anilines is 2. The first kappa shape index (κ1) is 15.7. The Morgan fingerprint density at radius 1 is 1.57 bits per heavy atom. The Labute approximate surface area is 124 Å². The number of nitrogens with zero attached hydrogens (tertiary/aromatic N) is 1. The fraction of sp³-hybridized carbons (Fsp3) is 0.533. The number of halogens is 1. The second-order valence-corrected chi connectivity index (χ2v) is 5.33. The predicted octanol–water partition coefficient (Wildman–Crippen LogP) is 1.85. The Morgan fingerprint density at radius 2 is 2.38 bits per heavy atom. The SMILES string of the molecule is COC1CCN(CCCC(=O)Nc2ccc(F)cc2N)C1. The number of benzene rings is 1. The van der Waals surface area contributed by atoms with E-state index in [1.54, 1.807) is 7.11 Å². The van der Waals surface area contributed by atoms with Crippen LogP contribution in [0.5, 0.6) is 0 Å². The molecular weight excluding hydrogens is 273 g/mol. The molecule has 1 aromatic rings. The van der Waals surface area contributed by atoms with Gasteiger partial charge in [-0.15, -0.1) is 0 Å². The third-order valence-electron chi connectivity index (χ3n) is 3.73. The highest BCUT2D eigenvalue weighted by molar-refractivity contribution is 5.93. The quantitative estimate of drug-likeness (QED) is 0.786. The molecule has 0 saturated carbocycles. The first-order valence-corrected chi connectivity index (χ1v) is 7.18. The summed E-state index contributed by atoms with van der Waals surface area (Å²) in [5.41, 5.74) is 6.35. The minimum absolute atomic E-state index is 0.101. The van der Waals surface area contributed by atoms with Crippen LogP contribution in [0, 0.1) is 5.82 Å². The molecule has 6 heteroatoms. The molecule has 1 aliphatic heterocycles. The molecule has 1 unspecified atom stereocenters. The number of nitrogens with one attached hydrogen (secondary N) is 1. The van der Waals surface area contributed by atoms with Gasteiger partial charge >= 0.3 is 0 Å². The van der Waals surface area contributed by atoms with Gasteiger partial charge in [-0.2, -0.15) is 0 Å². The van der Waals surface area contributed by atoms with Gasteiger partial charge in [-0.05, 0) is 37.6 Å². The Balaban J connectivity index is 1.70. The molecule has 1 fully saturated rings. The van der Waals surface area contributed by atoms with E-state index in [2.05, 4.69) is 10.2 Å². The van der Waals surface area contributed by atoms with Gasteiger partial charge in [-0.3, -0.25) is 4.79 Å². The zero-order valence-corrected chi connectivity index (χ0v) is 12.3. The Morgan fingerprint density at radius 3 is 3.05 bits per heavy atom. The number of hydrogen-bond donors (Lipinski definition) is 2. The molecule has 5 nitrogen and oxygen atoms in total. The molecule has 1 atom stereocenters. The van der Waals surface area contributed by atoms with E-state index >= 15 is 0 Å². The molecule has 0 spiro atoms. The number of hydrogen-bond acceptors (Lipinski definition) is 4. The van der Waals surface area contributed by atoms with Crippen molar-refractivity contribution in [3.05, 3.63) is 24.0 Å². The molecule has 1 saturated heterocycles. The summed E-state index contributed by atoms with van der Waals surface area (Å²) in [6.07, 6.45) is 2.57. The summed E-state index contributed by atoms with van der Waals surface area (Å²) in [6.45, 7) is 2.83. The van der Waals surface area contributed by atoms with Crippen LogP contribution in [0.25, 0.3) is 0 Å². The number of likely N-dealkylation sites (tertiary alicyclic amines) is 1. The molecule has 3 N–H and O–H groups in total. The zero-order chi connectivity index (χ0) is 15.2. The first-order valence-electron chi connectivity index (χ1n) is 7.18. The van der Waals surface area contributed by atoms with Crippen molar-refractivity contribution in [2.45, 2.75) is 25.4 Å². The fourth-order valence-corrected chi connectivity index (χ4v) is 2.52. The van der Waals surface area contributed by atoms with Crippen LogP contribution < -0.4 is 11.1 Å². The minimum Gasteiger partial charge on any atom is -0.397 e. The van der Waals surface area contributed by atoms with E-state index in [0.717, 1.165) is 32.5 Å². The van der Waals surface area contributed by atoms with Gasteiger partial charge < -0.3 is 20.7 Å². The van der Waals surface area contributed by atoms with Crippen LogP contribution in [-0.4, -0.2) is 43.7 Å². The van der Waals surface area contributed by atoms with Crippen LogP contribution >= 0.6 is 0 Å². The zero-order valence-electron chi connectivity index (χ0n) is 12.3. The first-order chi connectivity index (χ1) is 10.1. The van der Waals surface area contributed by atoms with Gasteiger partial charge in [-0.25, -0.2) is 4.39 Å². The number of nitrogens with two attached hydrogens (primary N) is 1. The number of carbonyl (C=O) groups excluding carboxylic acids is 1. The molecule has 2 rings (SSSR count). The van der Waals surface area contributed by atoms with E-state index < -0.39 is 5.82 Å². The van der Waals surface area contributed by atoms with Crippen LogP contribution in [0.1, 0.15) is 19.3 Å². The maximum atomic E-state index is 12.9.